The van der Waals surface area contributed by atoms with Gasteiger partial charge in [0.2, 0.25) is 5.91 Å². The van der Waals surface area contributed by atoms with Gasteiger partial charge in [0.25, 0.3) is 5.91 Å². The lowest BCUT2D eigenvalue weighted by atomic mass is 10.0. The van der Waals surface area contributed by atoms with Crippen molar-refractivity contribution in [3.8, 4) is 5.75 Å². The molecular formula is C25H24FN3O3S. The van der Waals surface area contributed by atoms with Gasteiger partial charge in [-0.25, -0.2) is 4.39 Å². The maximum atomic E-state index is 13.3. The number of H-pyrrole nitrogens is 1. The van der Waals surface area contributed by atoms with Crippen molar-refractivity contribution < 1.29 is 18.7 Å². The van der Waals surface area contributed by atoms with Gasteiger partial charge in [-0.05, 0) is 47.3 Å². The van der Waals surface area contributed by atoms with E-state index < -0.39 is 6.04 Å². The molecule has 2 aromatic heterocycles. The molecule has 4 rings (SSSR count). The number of hydrogen-bond acceptors (Lipinski definition) is 4. The highest BCUT2D eigenvalue weighted by molar-refractivity contribution is 7.12. The molecule has 0 aliphatic heterocycles. The van der Waals surface area contributed by atoms with Gasteiger partial charge in [-0.3, -0.25) is 9.59 Å². The highest BCUT2D eigenvalue weighted by Gasteiger charge is 2.26. The molecule has 0 spiro atoms. The molecule has 0 saturated heterocycles. The first-order valence-corrected chi connectivity index (χ1v) is 11.4. The van der Waals surface area contributed by atoms with Gasteiger partial charge in [-0.1, -0.05) is 24.3 Å². The number of para-hydroxylation sites is 1. The molecule has 2 amide bonds. The van der Waals surface area contributed by atoms with Gasteiger partial charge in [-0.2, -0.15) is 0 Å². The fourth-order valence-electron chi connectivity index (χ4n) is 3.57. The largest absolute Gasteiger partial charge is 0.492 e. The highest BCUT2D eigenvalue weighted by atomic mass is 32.1. The van der Waals surface area contributed by atoms with Gasteiger partial charge in [0, 0.05) is 30.6 Å². The van der Waals surface area contributed by atoms with Crippen LogP contribution in [0.5, 0.6) is 5.75 Å². The predicted molar refractivity (Wildman–Crippen MR) is 127 cm³/mol. The number of likely N-dealkylation sites (N-methyl/N-ethyl adjacent to an activating group) is 1. The second-order valence-electron chi connectivity index (χ2n) is 7.63. The summed E-state index contributed by atoms with van der Waals surface area (Å²) < 4.78 is 18.7. The SMILES string of the molecule is CN(CCOc1ccc(F)cc1)C(=O)[C@H](Cc1c[nH]c2ccccc12)NC(=O)c1cccs1. The van der Waals surface area contributed by atoms with Gasteiger partial charge < -0.3 is 19.9 Å². The molecule has 2 aromatic carbocycles. The summed E-state index contributed by atoms with van der Waals surface area (Å²) in [6.45, 7) is 0.558. The van der Waals surface area contributed by atoms with Crippen LogP contribution in [0.25, 0.3) is 10.9 Å². The van der Waals surface area contributed by atoms with Gasteiger partial charge in [0.05, 0.1) is 11.4 Å². The quantitative estimate of drug-likeness (QED) is 0.388. The van der Waals surface area contributed by atoms with Crippen LogP contribution in [0, 0.1) is 5.82 Å². The van der Waals surface area contributed by atoms with E-state index >= 15 is 0 Å². The van der Waals surface area contributed by atoms with E-state index in [9.17, 15) is 14.0 Å². The number of ether oxygens (including phenoxy) is 1. The van der Waals surface area contributed by atoms with E-state index in [0.717, 1.165) is 16.5 Å². The number of nitrogens with zero attached hydrogens (tertiary/aromatic N) is 1. The van der Waals surface area contributed by atoms with E-state index in [4.69, 9.17) is 4.74 Å². The zero-order valence-corrected chi connectivity index (χ0v) is 18.9. The normalized spacial score (nSPS) is 11.8. The Labute approximate surface area is 195 Å². The summed E-state index contributed by atoms with van der Waals surface area (Å²) in [6, 6.07) is 16.4. The topological polar surface area (TPSA) is 74.4 Å². The first kappa shape index (κ1) is 22.5. The fourth-order valence-corrected chi connectivity index (χ4v) is 4.19. The Kier molecular flexibility index (Phi) is 7.04. The minimum absolute atomic E-state index is 0.215. The lowest BCUT2D eigenvalue weighted by molar-refractivity contribution is -0.132. The van der Waals surface area contributed by atoms with Gasteiger partial charge in [0.1, 0.15) is 24.2 Å². The average Bonchev–Trinajstić information content (AvgIpc) is 3.50. The Morgan fingerprint density at radius 1 is 1.12 bits per heavy atom. The highest BCUT2D eigenvalue weighted by Crippen LogP contribution is 2.20. The number of hydrogen-bond donors (Lipinski definition) is 2. The summed E-state index contributed by atoms with van der Waals surface area (Å²) in [5, 5.41) is 5.74. The Bertz CT molecular complexity index is 1220. The van der Waals surface area contributed by atoms with Gasteiger partial charge in [0.15, 0.2) is 0 Å². The molecule has 2 heterocycles. The number of fused-ring (bicyclic) bond motifs is 1. The zero-order valence-electron chi connectivity index (χ0n) is 18.1. The maximum absolute atomic E-state index is 13.3. The Morgan fingerprint density at radius 2 is 1.91 bits per heavy atom. The molecule has 170 valence electrons. The van der Waals surface area contributed by atoms with Crippen molar-refractivity contribution in [1.82, 2.24) is 15.2 Å². The summed E-state index contributed by atoms with van der Waals surface area (Å²) in [5.74, 6) is -0.304. The Morgan fingerprint density at radius 3 is 2.67 bits per heavy atom. The van der Waals surface area contributed by atoms with E-state index in [0.29, 0.717) is 23.6 Å². The zero-order chi connectivity index (χ0) is 23.2. The van der Waals surface area contributed by atoms with Crippen LogP contribution in [0.2, 0.25) is 0 Å². The molecule has 2 N–H and O–H groups in total. The van der Waals surface area contributed by atoms with E-state index in [1.165, 1.54) is 40.5 Å². The van der Waals surface area contributed by atoms with Crippen LogP contribution in [0.1, 0.15) is 15.2 Å². The molecule has 0 bridgehead atoms. The van der Waals surface area contributed by atoms with Crippen molar-refractivity contribution in [1.29, 1.82) is 0 Å². The first-order chi connectivity index (χ1) is 16.0. The van der Waals surface area contributed by atoms with Crippen molar-refractivity contribution in [3.05, 3.63) is 88.5 Å². The van der Waals surface area contributed by atoms with Crippen molar-refractivity contribution in [2.45, 2.75) is 12.5 Å². The summed E-state index contributed by atoms with van der Waals surface area (Å²) >= 11 is 1.33. The number of amides is 2. The lowest BCUT2D eigenvalue weighted by Crippen LogP contribution is -2.49. The molecule has 1 atom stereocenters. The lowest BCUT2D eigenvalue weighted by Gasteiger charge is -2.24. The van der Waals surface area contributed by atoms with E-state index in [2.05, 4.69) is 10.3 Å². The third kappa shape index (κ3) is 5.59. The molecular weight excluding hydrogens is 441 g/mol. The van der Waals surface area contributed by atoms with Crippen LogP contribution in [0.3, 0.4) is 0 Å². The molecule has 0 radical (unpaired) electrons. The van der Waals surface area contributed by atoms with Crippen LogP contribution in [0.4, 0.5) is 4.39 Å². The summed E-state index contributed by atoms with van der Waals surface area (Å²) in [4.78, 5) is 31.3. The number of aromatic nitrogens is 1. The molecule has 0 aliphatic carbocycles. The number of halogens is 1. The minimum Gasteiger partial charge on any atom is -0.492 e. The average molecular weight is 466 g/mol. The number of carbonyl (C=O) groups is 2. The van der Waals surface area contributed by atoms with E-state index in [1.807, 2.05) is 35.8 Å². The van der Waals surface area contributed by atoms with Crippen LogP contribution in [-0.4, -0.2) is 47.9 Å². The first-order valence-electron chi connectivity index (χ1n) is 10.5. The number of rotatable bonds is 9. The van der Waals surface area contributed by atoms with Gasteiger partial charge in [-0.15, -0.1) is 11.3 Å². The summed E-state index contributed by atoms with van der Waals surface area (Å²) in [7, 11) is 1.68. The number of carbonyl (C=O) groups excluding carboxylic acids is 2. The number of thiophene rings is 1. The Balaban J connectivity index is 1.45. The summed E-state index contributed by atoms with van der Waals surface area (Å²) in [5.41, 5.74) is 1.93. The third-order valence-electron chi connectivity index (χ3n) is 5.33. The number of aromatic amines is 1. The van der Waals surface area contributed by atoms with Crippen LogP contribution in [0.15, 0.2) is 72.2 Å². The number of benzene rings is 2. The van der Waals surface area contributed by atoms with Crippen molar-refractivity contribution >= 4 is 34.1 Å². The van der Waals surface area contributed by atoms with Gasteiger partial charge >= 0.3 is 0 Å². The summed E-state index contributed by atoms with van der Waals surface area (Å²) in [6.07, 6.45) is 2.23. The van der Waals surface area contributed by atoms with Crippen molar-refractivity contribution in [2.75, 3.05) is 20.2 Å². The molecule has 0 fully saturated rings. The number of nitrogens with one attached hydrogen (secondary N) is 2. The maximum Gasteiger partial charge on any atom is 0.262 e. The second-order valence-corrected chi connectivity index (χ2v) is 8.58. The van der Waals surface area contributed by atoms with Crippen LogP contribution in [-0.2, 0) is 11.2 Å². The minimum atomic E-state index is -0.741. The molecule has 6 nitrogen and oxygen atoms in total. The molecule has 4 aromatic rings. The third-order valence-corrected chi connectivity index (χ3v) is 6.20. The van der Waals surface area contributed by atoms with E-state index in [1.54, 1.807) is 19.2 Å². The smallest absolute Gasteiger partial charge is 0.262 e. The van der Waals surface area contributed by atoms with E-state index in [-0.39, 0.29) is 24.2 Å². The second kappa shape index (κ2) is 10.3. The molecule has 8 heteroatoms. The predicted octanol–water partition coefficient (Wildman–Crippen LogP) is 4.25. The van der Waals surface area contributed by atoms with Crippen molar-refractivity contribution in [2.24, 2.45) is 0 Å². The molecule has 0 saturated carbocycles. The molecule has 0 aliphatic rings. The van der Waals surface area contributed by atoms with Crippen LogP contribution < -0.4 is 10.1 Å². The van der Waals surface area contributed by atoms with Crippen LogP contribution >= 0.6 is 11.3 Å². The molecule has 0 unspecified atom stereocenters. The Hall–Kier alpha value is -3.65. The standard InChI is InChI=1S/C25H24FN3O3S/c1-29(12-13-32-19-10-8-18(26)9-11-19)25(31)22(28-24(30)23-7-4-14-33-23)15-17-16-27-21-6-3-2-5-20(17)21/h2-11,14,16,22,27H,12-13,15H2,1H3,(H,28,30)/t22-/m0/s1. The monoisotopic (exact) mass is 465 g/mol. The van der Waals surface area contributed by atoms with Crippen molar-refractivity contribution in [3.63, 3.8) is 0 Å². The molecule has 33 heavy (non-hydrogen) atoms. The fraction of sp³-hybridized carbons (Fsp3) is 0.200.